The third kappa shape index (κ3) is 6.91. The molecule has 40 heavy (non-hydrogen) atoms. The highest BCUT2D eigenvalue weighted by Gasteiger charge is 2.59. The highest BCUT2D eigenvalue weighted by atomic mass is 16.5. The fraction of sp³-hybridized carbons (Fsp3) is 0.892. The Kier molecular flexibility index (Phi) is 11.1. The van der Waals surface area contributed by atoms with Gasteiger partial charge in [0.15, 0.2) is 0 Å². The van der Waals surface area contributed by atoms with Gasteiger partial charge in [0.05, 0.1) is 0 Å². The zero-order chi connectivity index (χ0) is 28.9. The molecule has 1 unspecified atom stereocenters. The molecule has 3 heteroatoms. The number of fused-ring (bicyclic) bond motifs is 5. The zero-order valence-electron chi connectivity index (χ0n) is 27.0. The van der Waals surface area contributed by atoms with Gasteiger partial charge in [0.1, 0.15) is 12.4 Å². The van der Waals surface area contributed by atoms with Gasteiger partial charge in [-0.3, -0.25) is 4.79 Å². The van der Waals surface area contributed by atoms with Crippen molar-refractivity contribution in [3.8, 4) is 0 Å². The van der Waals surface area contributed by atoms with Crippen LogP contribution in [0.3, 0.4) is 0 Å². The summed E-state index contributed by atoms with van der Waals surface area (Å²) in [7, 11) is 0. The molecule has 0 aromatic rings. The van der Waals surface area contributed by atoms with E-state index in [1.807, 2.05) is 0 Å². The summed E-state index contributed by atoms with van der Waals surface area (Å²) < 4.78 is 6.02. The smallest absolute Gasteiger partial charge is 0.306 e. The summed E-state index contributed by atoms with van der Waals surface area (Å²) >= 11 is 0. The first kappa shape index (κ1) is 31.8. The van der Waals surface area contributed by atoms with Crippen LogP contribution >= 0.6 is 0 Å². The monoisotopic (exact) mass is 554 g/mol. The number of hydrogen-bond acceptors (Lipinski definition) is 3. The first-order valence-corrected chi connectivity index (χ1v) is 17.4. The van der Waals surface area contributed by atoms with Gasteiger partial charge in [-0.15, -0.1) is 0 Å². The lowest BCUT2D eigenvalue weighted by atomic mass is 9.47. The van der Waals surface area contributed by atoms with Crippen molar-refractivity contribution in [2.45, 2.75) is 157 Å². The number of ether oxygens (including phenoxy) is 1. The van der Waals surface area contributed by atoms with Gasteiger partial charge in [0.2, 0.25) is 0 Å². The molecule has 228 valence electrons. The number of carbonyl (C=O) groups excluding carboxylic acids is 2. The van der Waals surface area contributed by atoms with Crippen molar-refractivity contribution in [2.75, 3.05) is 0 Å². The molecule has 0 aliphatic heterocycles. The van der Waals surface area contributed by atoms with Gasteiger partial charge < -0.3 is 9.53 Å². The normalized spacial score (nSPS) is 36.7. The highest BCUT2D eigenvalue weighted by Crippen LogP contribution is 2.67. The third-order valence-corrected chi connectivity index (χ3v) is 13.0. The van der Waals surface area contributed by atoms with E-state index in [1.54, 1.807) is 5.57 Å². The Balaban J connectivity index is 1.30. The van der Waals surface area contributed by atoms with Crippen LogP contribution < -0.4 is 0 Å². The van der Waals surface area contributed by atoms with Crippen molar-refractivity contribution in [3.63, 3.8) is 0 Å². The number of esters is 1. The summed E-state index contributed by atoms with van der Waals surface area (Å²) in [5.41, 5.74) is 2.46. The van der Waals surface area contributed by atoms with E-state index in [4.69, 9.17) is 4.74 Å². The summed E-state index contributed by atoms with van der Waals surface area (Å²) in [4.78, 5) is 23.0. The van der Waals surface area contributed by atoms with Gasteiger partial charge in [0, 0.05) is 19.3 Å². The first-order chi connectivity index (χ1) is 19.1. The van der Waals surface area contributed by atoms with Crippen LogP contribution in [0.4, 0.5) is 0 Å². The first-order valence-electron chi connectivity index (χ1n) is 17.4. The summed E-state index contributed by atoms with van der Waals surface area (Å²) in [6.07, 6.45) is 23.0. The Morgan fingerprint density at radius 1 is 0.950 bits per heavy atom. The van der Waals surface area contributed by atoms with Crippen LogP contribution in [0.25, 0.3) is 0 Å². The molecule has 3 saturated carbocycles. The molecule has 0 aromatic carbocycles. The Bertz CT molecular complexity index is 875. The second kappa shape index (κ2) is 13.9. The highest BCUT2D eigenvalue weighted by molar-refractivity contribution is 5.69. The van der Waals surface area contributed by atoms with E-state index in [1.165, 1.54) is 51.4 Å². The molecule has 0 heterocycles. The van der Waals surface area contributed by atoms with Crippen LogP contribution in [-0.4, -0.2) is 18.4 Å². The fourth-order valence-corrected chi connectivity index (χ4v) is 10.0. The van der Waals surface area contributed by atoms with E-state index in [9.17, 15) is 9.59 Å². The molecular formula is C37H62O3. The lowest BCUT2D eigenvalue weighted by Gasteiger charge is -2.58. The van der Waals surface area contributed by atoms with Crippen LogP contribution in [-0.2, 0) is 14.3 Å². The van der Waals surface area contributed by atoms with Gasteiger partial charge in [-0.1, -0.05) is 85.3 Å². The zero-order valence-corrected chi connectivity index (χ0v) is 27.0. The van der Waals surface area contributed by atoms with Gasteiger partial charge in [-0.2, -0.15) is 0 Å². The molecule has 4 aliphatic rings. The van der Waals surface area contributed by atoms with Gasteiger partial charge >= 0.3 is 5.97 Å². The lowest BCUT2D eigenvalue weighted by molar-refractivity contribution is -0.151. The van der Waals surface area contributed by atoms with Crippen LogP contribution in [0.5, 0.6) is 0 Å². The standard InChI is InChI=1S/C37H62O3/c1-26(2)27(3)14-15-28(4)32-18-19-33-31-17-16-29-25-30(40-35(39)13-11-9-7-8-10-12-24-38)20-22-36(29,5)34(31)21-23-37(32,33)6/h16,24,26-28,30-34H,7-15,17-23,25H2,1-6H3/t27-,28+,30?,31-,32+,33-,34-,36-,37+/m0/s1. The van der Waals surface area contributed by atoms with Crippen molar-refractivity contribution >= 4 is 12.3 Å². The molecule has 4 rings (SSSR count). The molecule has 4 aliphatic carbocycles. The Morgan fingerprint density at radius 2 is 1.70 bits per heavy atom. The minimum atomic E-state index is -0.00174. The van der Waals surface area contributed by atoms with Crippen LogP contribution in [0.1, 0.15) is 151 Å². The number of rotatable bonds is 14. The van der Waals surface area contributed by atoms with Gasteiger partial charge in [-0.05, 0) is 110 Å². The quantitative estimate of drug-likeness (QED) is 0.0928. The molecule has 0 amide bonds. The fourth-order valence-electron chi connectivity index (χ4n) is 10.0. The predicted molar refractivity (Wildman–Crippen MR) is 166 cm³/mol. The van der Waals surface area contributed by atoms with E-state index in [2.05, 4.69) is 47.6 Å². The minimum absolute atomic E-state index is 0.00174. The SMILES string of the molecule is CC(C)[C@@H](C)CC[C@@H](C)[C@H]1CC[C@H]2[C@@H]3CC=C4CC(OC(=O)CCCCCCCC=O)CC[C@]4(C)[C@H]3CC[C@]12C. The number of unbranched alkanes of at least 4 members (excludes halogenated alkanes) is 5. The van der Waals surface area contributed by atoms with E-state index >= 15 is 0 Å². The number of carbonyl (C=O) groups is 2. The maximum absolute atomic E-state index is 12.6. The Hall–Kier alpha value is -1.12. The number of aldehydes is 1. The number of hydrogen-bond donors (Lipinski definition) is 0. The molecule has 0 spiro atoms. The summed E-state index contributed by atoms with van der Waals surface area (Å²) in [5, 5.41) is 0. The second-order valence-corrected chi connectivity index (χ2v) is 15.6. The minimum Gasteiger partial charge on any atom is -0.462 e. The topological polar surface area (TPSA) is 43.4 Å². The van der Waals surface area contributed by atoms with Gasteiger partial charge in [-0.25, -0.2) is 0 Å². The summed E-state index contributed by atoms with van der Waals surface area (Å²) in [6.45, 7) is 15.1. The second-order valence-electron chi connectivity index (χ2n) is 15.6. The van der Waals surface area contributed by atoms with Crippen molar-refractivity contribution in [1.29, 1.82) is 0 Å². The number of allylic oxidation sites excluding steroid dienone is 1. The molecule has 0 aromatic heterocycles. The van der Waals surface area contributed by atoms with E-state index in [-0.39, 0.29) is 12.1 Å². The lowest BCUT2D eigenvalue weighted by Crippen LogP contribution is -2.51. The molecule has 0 N–H and O–H groups in total. The summed E-state index contributed by atoms with van der Waals surface area (Å²) in [6, 6.07) is 0. The predicted octanol–water partition coefficient (Wildman–Crippen LogP) is 10.1. The van der Waals surface area contributed by atoms with E-state index < -0.39 is 0 Å². The van der Waals surface area contributed by atoms with Crippen molar-refractivity contribution in [3.05, 3.63) is 11.6 Å². The molecule has 0 bridgehead atoms. The summed E-state index contributed by atoms with van der Waals surface area (Å²) in [5.74, 6) is 5.95. The maximum Gasteiger partial charge on any atom is 0.306 e. The Morgan fingerprint density at radius 3 is 2.45 bits per heavy atom. The molecule has 9 atom stereocenters. The van der Waals surface area contributed by atoms with Crippen LogP contribution in [0.15, 0.2) is 11.6 Å². The molecule has 3 fully saturated rings. The largest absolute Gasteiger partial charge is 0.462 e. The van der Waals surface area contributed by atoms with Crippen molar-refractivity contribution in [1.82, 2.24) is 0 Å². The molecule has 3 nitrogen and oxygen atoms in total. The van der Waals surface area contributed by atoms with Crippen molar-refractivity contribution < 1.29 is 14.3 Å². The average molecular weight is 555 g/mol. The Labute approximate surface area is 247 Å². The van der Waals surface area contributed by atoms with Crippen molar-refractivity contribution in [2.24, 2.45) is 52.3 Å². The third-order valence-electron chi connectivity index (χ3n) is 13.0. The van der Waals surface area contributed by atoms with Gasteiger partial charge in [0.25, 0.3) is 0 Å². The average Bonchev–Trinajstić information content (AvgIpc) is 3.28. The maximum atomic E-state index is 12.6. The molecular weight excluding hydrogens is 492 g/mol. The molecule has 0 radical (unpaired) electrons. The van der Waals surface area contributed by atoms with E-state index in [0.29, 0.717) is 23.7 Å². The van der Waals surface area contributed by atoms with Crippen LogP contribution in [0, 0.1) is 52.3 Å². The van der Waals surface area contributed by atoms with Crippen LogP contribution in [0.2, 0.25) is 0 Å². The van der Waals surface area contributed by atoms with E-state index in [0.717, 1.165) is 92.7 Å². The molecule has 0 saturated heterocycles.